The van der Waals surface area contributed by atoms with Crippen LogP contribution in [0.3, 0.4) is 0 Å². The molecule has 3 heteroatoms. The Labute approximate surface area is 144 Å². The van der Waals surface area contributed by atoms with Gasteiger partial charge in [-0.1, -0.05) is 70.2 Å². The minimum absolute atomic E-state index is 0.0376. The van der Waals surface area contributed by atoms with E-state index in [0.717, 1.165) is 5.69 Å². The van der Waals surface area contributed by atoms with E-state index in [0.29, 0.717) is 0 Å². The van der Waals surface area contributed by atoms with Gasteiger partial charge in [-0.05, 0) is 17.2 Å². The van der Waals surface area contributed by atoms with Crippen molar-refractivity contribution in [3.63, 3.8) is 0 Å². The molecule has 1 aliphatic rings. The third-order valence-corrected chi connectivity index (χ3v) is 5.39. The molecule has 1 aliphatic heterocycles. The van der Waals surface area contributed by atoms with Crippen LogP contribution in [0.2, 0.25) is 0 Å². The van der Waals surface area contributed by atoms with Gasteiger partial charge in [0.15, 0.2) is 0 Å². The van der Waals surface area contributed by atoms with Gasteiger partial charge in [-0.25, -0.2) is 0 Å². The SMILES string of the molecule is CC(C)(CO)C(O)C(C)(C)C1Nc2ccccc2-c2ccccc21. The lowest BCUT2D eigenvalue weighted by molar-refractivity contribution is -0.0720. The summed E-state index contributed by atoms with van der Waals surface area (Å²) in [5.74, 6) is 0. The topological polar surface area (TPSA) is 52.5 Å². The van der Waals surface area contributed by atoms with Crippen LogP contribution in [0.1, 0.15) is 39.3 Å². The standard InChI is InChI=1S/C21H27NO2/c1-20(2,13-23)19(24)21(3,4)18-16-11-6-5-9-14(16)15-10-7-8-12-17(15)22-18/h5-12,18-19,22-24H,13H2,1-4H3. The van der Waals surface area contributed by atoms with Gasteiger partial charge in [0.25, 0.3) is 0 Å². The first-order valence-electron chi connectivity index (χ1n) is 8.53. The number of fused-ring (bicyclic) bond motifs is 3. The molecule has 0 saturated heterocycles. The van der Waals surface area contributed by atoms with Crippen LogP contribution in [-0.4, -0.2) is 22.9 Å². The summed E-state index contributed by atoms with van der Waals surface area (Å²) in [5, 5.41) is 24.4. The first-order chi connectivity index (χ1) is 11.3. The van der Waals surface area contributed by atoms with Gasteiger partial charge in [0.05, 0.1) is 18.8 Å². The zero-order chi connectivity index (χ0) is 17.5. The van der Waals surface area contributed by atoms with Gasteiger partial charge in [-0.3, -0.25) is 0 Å². The molecule has 0 spiro atoms. The maximum Gasteiger partial charge on any atom is 0.0686 e. The second-order valence-corrected chi connectivity index (χ2v) is 8.08. The number of anilines is 1. The summed E-state index contributed by atoms with van der Waals surface area (Å²) in [5.41, 5.74) is 3.64. The molecule has 3 nitrogen and oxygen atoms in total. The molecule has 2 atom stereocenters. The number of hydrogen-bond donors (Lipinski definition) is 3. The number of aliphatic hydroxyl groups is 2. The highest BCUT2D eigenvalue weighted by atomic mass is 16.3. The van der Waals surface area contributed by atoms with Gasteiger partial charge in [-0.15, -0.1) is 0 Å². The minimum atomic E-state index is -0.661. The van der Waals surface area contributed by atoms with Gasteiger partial charge in [0.1, 0.15) is 0 Å². The number of rotatable bonds is 4. The van der Waals surface area contributed by atoms with Crippen molar-refractivity contribution in [2.24, 2.45) is 10.8 Å². The predicted molar refractivity (Wildman–Crippen MR) is 98.9 cm³/mol. The highest BCUT2D eigenvalue weighted by Crippen LogP contribution is 2.50. The van der Waals surface area contributed by atoms with Crippen LogP contribution in [0.5, 0.6) is 0 Å². The molecule has 0 fully saturated rings. The molecule has 0 amide bonds. The van der Waals surface area contributed by atoms with Crippen molar-refractivity contribution in [1.29, 1.82) is 0 Å². The molecule has 1 heterocycles. The monoisotopic (exact) mass is 325 g/mol. The highest BCUT2D eigenvalue weighted by Gasteiger charge is 2.46. The molecule has 2 unspecified atom stereocenters. The van der Waals surface area contributed by atoms with Gasteiger partial charge in [0.2, 0.25) is 0 Å². The van der Waals surface area contributed by atoms with Crippen LogP contribution in [0.15, 0.2) is 48.5 Å². The fraction of sp³-hybridized carbons (Fsp3) is 0.429. The molecule has 2 aromatic rings. The average Bonchev–Trinajstić information content (AvgIpc) is 2.60. The minimum Gasteiger partial charge on any atom is -0.396 e. The average molecular weight is 325 g/mol. The molecule has 24 heavy (non-hydrogen) atoms. The van der Waals surface area contributed by atoms with E-state index in [1.54, 1.807) is 0 Å². The number of benzene rings is 2. The number of aliphatic hydroxyl groups excluding tert-OH is 2. The van der Waals surface area contributed by atoms with E-state index in [-0.39, 0.29) is 12.6 Å². The zero-order valence-corrected chi connectivity index (χ0v) is 14.9. The van der Waals surface area contributed by atoms with Gasteiger partial charge in [-0.2, -0.15) is 0 Å². The summed E-state index contributed by atoms with van der Waals surface area (Å²) < 4.78 is 0. The largest absolute Gasteiger partial charge is 0.396 e. The van der Waals surface area contributed by atoms with Crippen molar-refractivity contribution in [3.05, 3.63) is 54.1 Å². The first-order valence-corrected chi connectivity index (χ1v) is 8.53. The summed E-state index contributed by atoms with van der Waals surface area (Å²) in [4.78, 5) is 0. The molecule has 0 aromatic heterocycles. The molecular weight excluding hydrogens is 298 g/mol. The molecule has 2 aromatic carbocycles. The summed E-state index contributed by atoms with van der Waals surface area (Å²) in [6, 6.07) is 16.6. The Kier molecular flexibility index (Phi) is 4.18. The molecule has 0 radical (unpaired) electrons. The fourth-order valence-electron chi connectivity index (χ4n) is 3.91. The molecule has 128 valence electrons. The lowest BCUT2D eigenvalue weighted by Gasteiger charge is -2.47. The van der Waals surface area contributed by atoms with E-state index in [1.165, 1.54) is 16.7 Å². The van der Waals surface area contributed by atoms with Crippen LogP contribution >= 0.6 is 0 Å². The molecular formula is C21H27NO2. The number of hydrogen-bond acceptors (Lipinski definition) is 3. The lowest BCUT2D eigenvalue weighted by Crippen LogP contribution is -2.49. The predicted octanol–water partition coefficient (Wildman–Crippen LogP) is 4.23. The summed E-state index contributed by atoms with van der Waals surface area (Å²) in [6.07, 6.45) is -0.661. The third-order valence-electron chi connectivity index (χ3n) is 5.39. The number of nitrogens with one attached hydrogen (secondary N) is 1. The molecule has 0 aliphatic carbocycles. The van der Waals surface area contributed by atoms with Crippen LogP contribution in [-0.2, 0) is 0 Å². The quantitative estimate of drug-likeness (QED) is 0.788. The molecule has 0 saturated carbocycles. The molecule has 0 bridgehead atoms. The van der Waals surface area contributed by atoms with Gasteiger partial charge in [0, 0.05) is 22.1 Å². The van der Waals surface area contributed by atoms with Crippen molar-refractivity contribution in [2.75, 3.05) is 11.9 Å². The maximum absolute atomic E-state index is 11.0. The Bertz CT molecular complexity index is 736. The zero-order valence-electron chi connectivity index (χ0n) is 14.9. The second kappa shape index (κ2) is 5.91. The van der Waals surface area contributed by atoms with E-state index in [9.17, 15) is 10.2 Å². The van der Waals surface area contributed by atoms with E-state index in [4.69, 9.17) is 0 Å². The van der Waals surface area contributed by atoms with Crippen molar-refractivity contribution in [1.82, 2.24) is 0 Å². The van der Waals surface area contributed by atoms with Gasteiger partial charge >= 0.3 is 0 Å². The third kappa shape index (κ3) is 2.62. The Morgan fingerprint density at radius 2 is 1.54 bits per heavy atom. The smallest absolute Gasteiger partial charge is 0.0686 e. The lowest BCUT2D eigenvalue weighted by atomic mass is 9.65. The summed E-state index contributed by atoms with van der Waals surface area (Å²) >= 11 is 0. The Balaban J connectivity index is 2.10. The van der Waals surface area contributed by atoms with Crippen LogP contribution < -0.4 is 5.32 Å². The number of para-hydroxylation sites is 1. The molecule has 3 N–H and O–H groups in total. The van der Waals surface area contributed by atoms with Crippen molar-refractivity contribution in [3.8, 4) is 11.1 Å². The van der Waals surface area contributed by atoms with E-state index < -0.39 is 16.9 Å². The van der Waals surface area contributed by atoms with E-state index in [1.807, 2.05) is 32.0 Å². The van der Waals surface area contributed by atoms with Crippen molar-refractivity contribution < 1.29 is 10.2 Å². The Hall–Kier alpha value is -1.84. The van der Waals surface area contributed by atoms with Gasteiger partial charge < -0.3 is 15.5 Å². The van der Waals surface area contributed by atoms with Crippen LogP contribution in [0.4, 0.5) is 5.69 Å². The van der Waals surface area contributed by atoms with E-state index in [2.05, 4.69) is 49.5 Å². The maximum atomic E-state index is 11.0. The normalized spacial score (nSPS) is 18.3. The van der Waals surface area contributed by atoms with Crippen LogP contribution in [0, 0.1) is 10.8 Å². The second-order valence-electron chi connectivity index (χ2n) is 8.08. The molecule has 3 rings (SSSR count). The Morgan fingerprint density at radius 3 is 2.21 bits per heavy atom. The fourth-order valence-corrected chi connectivity index (χ4v) is 3.91. The van der Waals surface area contributed by atoms with Crippen molar-refractivity contribution >= 4 is 5.69 Å². The van der Waals surface area contributed by atoms with Crippen molar-refractivity contribution in [2.45, 2.75) is 39.8 Å². The summed E-state index contributed by atoms with van der Waals surface area (Å²) in [7, 11) is 0. The Morgan fingerprint density at radius 1 is 0.958 bits per heavy atom. The van der Waals surface area contributed by atoms with Crippen LogP contribution in [0.25, 0.3) is 11.1 Å². The summed E-state index contributed by atoms with van der Waals surface area (Å²) in [6.45, 7) is 7.89. The first kappa shape index (κ1) is 17.0. The highest BCUT2D eigenvalue weighted by molar-refractivity contribution is 5.83. The van der Waals surface area contributed by atoms with E-state index >= 15 is 0 Å².